The largest absolute Gasteiger partial charge is 0.494 e. The number of halogens is 2. The van der Waals surface area contributed by atoms with Crippen LogP contribution in [0.15, 0.2) is 42.5 Å². The summed E-state index contributed by atoms with van der Waals surface area (Å²) in [5, 5.41) is 6.40. The van der Waals surface area contributed by atoms with Crippen LogP contribution in [0.5, 0.6) is 5.75 Å². The van der Waals surface area contributed by atoms with Crippen molar-refractivity contribution in [1.82, 2.24) is 5.32 Å². The number of amides is 2. The first kappa shape index (κ1) is 20.4. The molecule has 4 nitrogen and oxygen atoms in total. The fraction of sp³-hybridized carbons (Fsp3) is 0.350. The summed E-state index contributed by atoms with van der Waals surface area (Å²) in [6.45, 7) is 7.56. The van der Waals surface area contributed by atoms with E-state index in [1.54, 1.807) is 18.2 Å². The maximum absolute atomic E-state index is 11.9. The fourth-order valence-electron chi connectivity index (χ4n) is 2.32. The summed E-state index contributed by atoms with van der Waals surface area (Å²) in [5.74, 6) is 0.830. The molecule has 2 amide bonds. The highest BCUT2D eigenvalue weighted by atomic mass is 35.5. The Bertz CT molecular complexity index is 720. The monoisotopic (exact) mass is 394 g/mol. The Morgan fingerprint density at radius 2 is 1.65 bits per heavy atom. The van der Waals surface area contributed by atoms with Crippen molar-refractivity contribution in [2.75, 3.05) is 18.5 Å². The van der Waals surface area contributed by atoms with Gasteiger partial charge in [-0.1, -0.05) is 56.1 Å². The van der Waals surface area contributed by atoms with Gasteiger partial charge < -0.3 is 15.4 Å². The molecule has 0 radical (unpaired) electrons. The van der Waals surface area contributed by atoms with E-state index in [2.05, 4.69) is 43.5 Å². The van der Waals surface area contributed by atoms with E-state index >= 15 is 0 Å². The van der Waals surface area contributed by atoms with Gasteiger partial charge in [0.25, 0.3) is 0 Å². The highest BCUT2D eigenvalue weighted by molar-refractivity contribution is 6.35. The lowest BCUT2D eigenvalue weighted by Crippen LogP contribution is -2.30. The van der Waals surface area contributed by atoms with Crippen LogP contribution in [0.25, 0.3) is 0 Å². The van der Waals surface area contributed by atoms with E-state index in [9.17, 15) is 4.79 Å². The zero-order valence-electron chi connectivity index (χ0n) is 15.2. The number of nitrogens with one attached hydrogen (secondary N) is 2. The van der Waals surface area contributed by atoms with Crippen LogP contribution in [0.1, 0.15) is 32.8 Å². The summed E-state index contributed by atoms with van der Waals surface area (Å²) in [7, 11) is 0. The lowest BCUT2D eigenvalue weighted by Gasteiger charge is -2.19. The molecule has 2 aromatic rings. The molecule has 0 unspecified atom stereocenters. The zero-order valence-corrected chi connectivity index (χ0v) is 16.7. The summed E-state index contributed by atoms with van der Waals surface area (Å²) in [5.41, 5.74) is 1.95. The molecular formula is C20H24Cl2N2O2. The third kappa shape index (κ3) is 6.77. The predicted molar refractivity (Wildman–Crippen MR) is 109 cm³/mol. The number of benzene rings is 2. The van der Waals surface area contributed by atoms with E-state index in [1.807, 2.05) is 12.1 Å². The van der Waals surface area contributed by atoms with Gasteiger partial charge in [0.2, 0.25) is 0 Å². The van der Waals surface area contributed by atoms with Crippen molar-refractivity contribution in [3.63, 3.8) is 0 Å². The van der Waals surface area contributed by atoms with Gasteiger partial charge in [0.15, 0.2) is 0 Å². The molecule has 2 N–H and O–H groups in total. The van der Waals surface area contributed by atoms with Crippen molar-refractivity contribution in [1.29, 1.82) is 0 Å². The average Bonchev–Trinajstić information content (AvgIpc) is 2.53. The smallest absolute Gasteiger partial charge is 0.319 e. The molecule has 2 rings (SSSR count). The van der Waals surface area contributed by atoms with Crippen LogP contribution in [0.3, 0.4) is 0 Å². The van der Waals surface area contributed by atoms with Crippen LogP contribution < -0.4 is 15.4 Å². The fourth-order valence-corrected chi connectivity index (χ4v) is 2.84. The van der Waals surface area contributed by atoms with Crippen LogP contribution >= 0.6 is 23.2 Å². The maximum Gasteiger partial charge on any atom is 0.319 e. The molecule has 0 aliphatic rings. The van der Waals surface area contributed by atoms with Crippen LogP contribution in [-0.4, -0.2) is 19.2 Å². The first-order valence-corrected chi connectivity index (χ1v) is 9.24. The Morgan fingerprint density at radius 3 is 2.23 bits per heavy atom. The van der Waals surface area contributed by atoms with Crippen LogP contribution in [-0.2, 0) is 5.41 Å². The quantitative estimate of drug-likeness (QED) is 0.600. The van der Waals surface area contributed by atoms with Gasteiger partial charge in [0.1, 0.15) is 5.75 Å². The zero-order chi connectivity index (χ0) is 19.2. The second kappa shape index (κ2) is 9.15. The number of ether oxygens (including phenoxy) is 1. The number of hydrogen-bond donors (Lipinski definition) is 2. The summed E-state index contributed by atoms with van der Waals surface area (Å²) in [6, 6.07) is 12.7. The Balaban J connectivity index is 1.68. The summed E-state index contributed by atoms with van der Waals surface area (Å²) in [6.07, 6.45) is 0.699. The minimum absolute atomic E-state index is 0.128. The molecule has 26 heavy (non-hydrogen) atoms. The topological polar surface area (TPSA) is 50.4 Å². The van der Waals surface area contributed by atoms with E-state index in [0.29, 0.717) is 35.3 Å². The number of rotatable bonds is 6. The van der Waals surface area contributed by atoms with Crippen LogP contribution in [0.2, 0.25) is 10.0 Å². The van der Waals surface area contributed by atoms with E-state index in [4.69, 9.17) is 27.9 Å². The lowest BCUT2D eigenvalue weighted by molar-refractivity contribution is 0.250. The van der Waals surface area contributed by atoms with E-state index in [1.165, 1.54) is 5.56 Å². The SMILES string of the molecule is CC(C)(C)c1ccc(OCCCNC(=O)Nc2cc(Cl)cc(Cl)c2)cc1. The van der Waals surface area contributed by atoms with Crippen molar-refractivity contribution in [2.24, 2.45) is 0 Å². The van der Waals surface area contributed by atoms with Crippen molar-refractivity contribution in [3.05, 3.63) is 58.1 Å². The molecule has 0 aliphatic heterocycles. The molecule has 0 aromatic heterocycles. The van der Waals surface area contributed by atoms with Gasteiger partial charge in [-0.05, 0) is 47.7 Å². The van der Waals surface area contributed by atoms with Crippen LogP contribution in [0, 0.1) is 0 Å². The van der Waals surface area contributed by atoms with E-state index in [0.717, 1.165) is 5.75 Å². The minimum atomic E-state index is -0.308. The molecule has 2 aromatic carbocycles. The Hall–Kier alpha value is -1.91. The highest BCUT2D eigenvalue weighted by Gasteiger charge is 2.12. The molecule has 0 heterocycles. The first-order valence-electron chi connectivity index (χ1n) is 8.48. The molecule has 0 atom stereocenters. The maximum atomic E-state index is 11.9. The van der Waals surface area contributed by atoms with Gasteiger partial charge in [-0.2, -0.15) is 0 Å². The molecular weight excluding hydrogens is 371 g/mol. The molecule has 0 bridgehead atoms. The number of anilines is 1. The third-order valence-corrected chi connectivity index (χ3v) is 4.15. The Kier molecular flexibility index (Phi) is 7.18. The minimum Gasteiger partial charge on any atom is -0.494 e. The van der Waals surface area contributed by atoms with Gasteiger partial charge in [0.05, 0.1) is 6.61 Å². The summed E-state index contributed by atoms with van der Waals surface area (Å²) < 4.78 is 5.70. The first-order chi connectivity index (χ1) is 12.2. The Labute approximate surface area is 164 Å². The molecule has 140 valence electrons. The lowest BCUT2D eigenvalue weighted by atomic mass is 9.87. The highest BCUT2D eigenvalue weighted by Crippen LogP contribution is 2.24. The van der Waals surface area contributed by atoms with Gasteiger partial charge in [-0.25, -0.2) is 4.79 Å². The molecule has 0 spiro atoms. The molecule has 0 aliphatic carbocycles. The van der Waals surface area contributed by atoms with Gasteiger partial charge in [-0.3, -0.25) is 0 Å². The molecule has 0 saturated heterocycles. The molecule has 0 fully saturated rings. The number of carbonyl (C=O) groups is 1. The van der Waals surface area contributed by atoms with Gasteiger partial charge in [0, 0.05) is 22.3 Å². The van der Waals surface area contributed by atoms with Crippen molar-refractivity contribution >= 4 is 34.9 Å². The number of hydrogen-bond acceptors (Lipinski definition) is 2. The van der Waals surface area contributed by atoms with E-state index in [-0.39, 0.29) is 11.4 Å². The second-order valence-electron chi connectivity index (χ2n) is 7.02. The second-order valence-corrected chi connectivity index (χ2v) is 7.89. The Morgan fingerprint density at radius 1 is 1.04 bits per heavy atom. The third-order valence-electron chi connectivity index (χ3n) is 3.72. The standard InChI is InChI=1S/C20H24Cl2N2O2/c1-20(2,3)14-5-7-18(8-6-14)26-10-4-9-23-19(25)24-17-12-15(21)11-16(22)13-17/h5-8,11-13H,4,9-10H2,1-3H3,(H2,23,24,25). The number of urea groups is 1. The summed E-state index contributed by atoms with van der Waals surface area (Å²) >= 11 is 11.8. The van der Waals surface area contributed by atoms with Crippen LogP contribution in [0.4, 0.5) is 10.5 Å². The van der Waals surface area contributed by atoms with Crippen molar-refractivity contribution < 1.29 is 9.53 Å². The number of carbonyl (C=O) groups excluding carboxylic acids is 1. The normalized spacial score (nSPS) is 11.1. The predicted octanol–water partition coefficient (Wildman–Crippen LogP) is 5.88. The average molecular weight is 395 g/mol. The van der Waals surface area contributed by atoms with Crippen molar-refractivity contribution in [3.8, 4) is 5.75 Å². The van der Waals surface area contributed by atoms with E-state index < -0.39 is 0 Å². The summed E-state index contributed by atoms with van der Waals surface area (Å²) in [4.78, 5) is 11.9. The molecule has 6 heteroatoms. The van der Waals surface area contributed by atoms with Crippen molar-refractivity contribution in [2.45, 2.75) is 32.6 Å². The van der Waals surface area contributed by atoms with Gasteiger partial charge >= 0.3 is 6.03 Å². The van der Waals surface area contributed by atoms with Gasteiger partial charge in [-0.15, -0.1) is 0 Å². The molecule has 0 saturated carbocycles.